The molecule has 3 aromatic heterocycles. The summed E-state index contributed by atoms with van der Waals surface area (Å²) in [6.45, 7) is -0.141. The third-order valence-electron chi connectivity index (χ3n) is 12.8. The van der Waals surface area contributed by atoms with Gasteiger partial charge in [0.15, 0.2) is 17.3 Å². The number of aromatic nitrogens is 1. The molecule has 14 heteroatoms. The molecule has 2 atom stereocenters. The molecule has 0 spiro atoms. The first-order valence-electron chi connectivity index (χ1n) is 22.6. The second-order valence-corrected chi connectivity index (χ2v) is 17.1. The highest BCUT2D eigenvalue weighted by Crippen LogP contribution is 2.34. The molecule has 0 aliphatic heterocycles. The van der Waals surface area contributed by atoms with Crippen molar-refractivity contribution in [2.45, 2.75) is 89.0 Å². The Kier molecular flexibility index (Phi) is 14.1. The lowest BCUT2D eigenvalue weighted by molar-refractivity contribution is -0.137. The minimum Gasteiger partial charge on any atom is -0.451 e. The Morgan fingerprint density at radius 2 is 1.18 bits per heavy atom. The van der Waals surface area contributed by atoms with E-state index in [4.69, 9.17) is 8.83 Å². The molecule has 66 heavy (non-hydrogen) atoms. The fraction of sp³-hybridized carbons (Fsp3) is 0.327. The molecule has 2 fully saturated rings. The SMILES string of the molecule is CNC(=O)[C@@H](NC(=O)c1oc(-c2ccc(-c3ccc(C(F)(F)F)cc3)cc2)cc1CNC(=O)[C@@H](NC(=O)c1ccc(-c2ccc(-c3ccccc3)cn2)o1)C1CCCCC1)C1CCCCC1. The second-order valence-electron chi connectivity index (χ2n) is 17.1. The van der Waals surface area contributed by atoms with Gasteiger partial charge in [0.05, 0.1) is 5.56 Å². The molecule has 2 aliphatic carbocycles. The zero-order chi connectivity index (χ0) is 46.2. The van der Waals surface area contributed by atoms with E-state index < -0.39 is 41.5 Å². The van der Waals surface area contributed by atoms with Crippen LogP contribution in [0.2, 0.25) is 0 Å². The summed E-state index contributed by atoms with van der Waals surface area (Å²) in [7, 11) is 1.53. The first-order valence-corrected chi connectivity index (χ1v) is 22.6. The number of nitrogens with one attached hydrogen (secondary N) is 4. The van der Waals surface area contributed by atoms with Crippen molar-refractivity contribution in [3.63, 3.8) is 0 Å². The molecule has 6 aromatic rings. The van der Waals surface area contributed by atoms with E-state index in [1.165, 1.54) is 19.2 Å². The number of halogens is 3. The molecule has 0 radical (unpaired) electrons. The van der Waals surface area contributed by atoms with Gasteiger partial charge in [0.1, 0.15) is 23.5 Å². The number of nitrogens with zero attached hydrogens (tertiary/aromatic N) is 1. The van der Waals surface area contributed by atoms with Crippen molar-refractivity contribution < 1.29 is 41.2 Å². The number of alkyl halides is 3. The first kappa shape index (κ1) is 45.6. The van der Waals surface area contributed by atoms with Crippen LogP contribution >= 0.6 is 0 Å². The average molecular weight is 900 g/mol. The Balaban J connectivity index is 1.02. The fourth-order valence-electron chi connectivity index (χ4n) is 9.11. The minimum atomic E-state index is -4.45. The Labute approximate surface area is 381 Å². The van der Waals surface area contributed by atoms with E-state index in [1.54, 1.807) is 48.7 Å². The maximum Gasteiger partial charge on any atom is 0.416 e. The van der Waals surface area contributed by atoms with Crippen molar-refractivity contribution in [1.82, 2.24) is 26.3 Å². The van der Waals surface area contributed by atoms with Crippen molar-refractivity contribution in [1.29, 1.82) is 0 Å². The largest absolute Gasteiger partial charge is 0.451 e. The zero-order valence-electron chi connectivity index (χ0n) is 36.6. The van der Waals surface area contributed by atoms with E-state index in [0.717, 1.165) is 87.5 Å². The van der Waals surface area contributed by atoms with Crippen LogP contribution in [0.1, 0.15) is 96.4 Å². The molecular weight excluding hydrogens is 848 g/mol. The molecule has 4 N–H and O–H groups in total. The van der Waals surface area contributed by atoms with Gasteiger partial charge in [-0.2, -0.15) is 13.2 Å². The lowest BCUT2D eigenvalue weighted by Crippen LogP contribution is -2.51. The molecule has 3 heterocycles. The van der Waals surface area contributed by atoms with Crippen LogP contribution in [0.3, 0.4) is 0 Å². The van der Waals surface area contributed by atoms with Gasteiger partial charge >= 0.3 is 6.18 Å². The van der Waals surface area contributed by atoms with Crippen molar-refractivity contribution in [3.05, 3.63) is 138 Å². The van der Waals surface area contributed by atoms with E-state index in [0.29, 0.717) is 39.5 Å². The van der Waals surface area contributed by atoms with Crippen LogP contribution in [0.15, 0.2) is 124 Å². The molecule has 11 nitrogen and oxygen atoms in total. The highest BCUT2D eigenvalue weighted by atomic mass is 19.4. The summed E-state index contributed by atoms with van der Waals surface area (Å²) >= 11 is 0. The van der Waals surface area contributed by atoms with E-state index in [1.807, 2.05) is 42.5 Å². The molecule has 0 saturated heterocycles. The van der Waals surface area contributed by atoms with Crippen LogP contribution in [0.4, 0.5) is 13.2 Å². The number of rotatable bonds is 14. The number of benzene rings is 3. The van der Waals surface area contributed by atoms with Gasteiger partial charge in [-0.3, -0.25) is 24.2 Å². The Hall–Kier alpha value is -6.96. The molecule has 2 saturated carbocycles. The van der Waals surface area contributed by atoms with Crippen molar-refractivity contribution >= 4 is 23.6 Å². The number of furan rings is 2. The van der Waals surface area contributed by atoms with Gasteiger partial charge in [0.25, 0.3) is 11.8 Å². The average Bonchev–Trinajstić information content (AvgIpc) is 4.04. The summed E-state index contributed by atoms with van der Waals surface area (Å²) in [5.41, 5.74) is 3.92. The molecule has 342 valence electrons. The Bertz CT molecular complexity index is 2610. The van der Waals surface area contributed by atoms with Crippen LogP contribution in [0, 0.1) is 11.8 Å². The van der Waals surface area contributed by atoms with Gasteiger partial charge in [0, 0.05) is 36.5 Å². The summed E-state index contributed by atoms with van der Waals surface area (Å²) in [5.74, 6) is -1.53. The van der Waals surface area contributed by atoms with Crippen LogP contribution in [0.5, 0.6) is 0 Å². The topological polar surface area (TPSA) is 156 Å². The maximum atomic E-state index is 14.3. The zero-order valence-corrected chi connectivity index (χ0v) is 36.6. The van der Waals surface area contributed by atoms with Gasteiger partial charge in [-0.05, 0) is 90.6 Å². The molecule has 0 unspecified atom stereocenters. The third kappa shape index (κ3) is 10.8. The van der Waals surface area contributed by atoms with E-state index in [2.05, 4.69) is 26.3 Å². The Morgan fingerprint density at radius 3 is 1.77 bits per heavy atom. The molecule has 2 aliphatic rings. The normalized spacial score (nSPS) is 15.6. The van der Waals surface area contributed by atoms with Crippen LogP contribution in [0.25, 0.3) is 45.0 Å². The predicted molar refractivity (Wildman–Crippen MR) is 244 cm³/mol. The number of likely N-dealkylation sites (N-methyl/N-ethyl adjacent to an activating group) is 1. The van der Waals surface area contributed by atoms with E-state index in [-0.39, 0.29) is 35.8 Å². The quantitative estimate of drug-likeness (QED) is 0.0848. The minimum absolute atomic E-state index is 0.0268. The smallest absolute Gasteiger partial charge is 0.416 e. The number of hydrogen-bond acceptors (Lipinski definition) is 7. The van der Waals surface area contributed by atoms with Gasteiger partial charge in [0.2, 0.25) is 11.8 Å². The summed E-state index contributed by atoms with van der Waals surface area (Å²) in [6.07, 6.45) is 6.08. The standard InChI is InChI=1S/C52H52F3N5O6/c1-56-49(62)45(36-13-7-3-8-14-36)60-51(64)47-39(29-44(66-47)35-19-17-33(18-20-35)34-21-24-40(25-22-34)52(53,54)55)31-58-50(63)46(37-15-9-4-10-16-37)59-48(61)43-28-27-42(65-43)41-26-23-38(30-57-41)32-11-5-2-6-12-32/h2,5-6,11-12,17-30,36-37,45-46H,3-4,7-10,13-16,31H2,1H3,(H,56,62)(H,58,63)(H,59,61)(H,60,64)/t45-,46-/m0/s1. The molecule has 0 bridgehead atoms. The van der Waals surface area contributed by atoms with Gasteiger partial charge in [-0.1, -0.05) is 111 Å². The van der Waals surface area contributed by atoms with Crippen LogP contribution < -0.4 is 21.3 Å². The first-order chi connectivity index (χ1) is 31.9. The summed E-state index contributed by atoms with van der Waals surface area (Å²) in [4.78, 5) is 60.0. The number of amides is 4. The van der Waals surface area contributed by atoms with Gasteiger partial charge in [-0.15, -0.1) is 0 Å². The lowest BCUT2D eigenvalue weighted by Gasteiger charge is -2.30. The summed E-state index contributed by atoms with van der Waals surface area (Å²) in [6, 6.07) is 28.6. The van der Waals surface area contributed by atoms with E-state index >= 15 is 0 Å². The number of hydrogen-bond donors (Lipinski definition) is 4. The molecule has 3 aromatic carbocycles. The predicted octanol–water partition coefficient (Wildman–Crippen LogP) is 10.4. The van der Waals surface area contributed by atoms with Gasteiger partial charge < -0.3 is 30.1 Å². The molecular formula is C52H52F3N5O6. The maximum absolute atomic E-state index is 14.3. The van der Waals surface area contributed by atoms with Crippen LogP contribution in [-0.2, 0) is 22.3 Å². The third-order valence-corrected chi connectivity index (χ3v) is 12.8. The highest BCUT2D eigenvalue weighted by molar-refractivity contribution is 5.98. The monoisotopic (exact) mass is 899 g/mol. The van der Waals surface area contributed by atoms with Crippen molar-refractivity contribution in [2.24, 2.45) is 11.8 Å². The fourth-order valence-corrected chi connectivity index (χ4v) is 9.11. The van der Waals surface area contributed by atoms with Crippen molar-refractivity contribution in [3.8, 4) is 45.0 Å². The summed E-state index contributed by atoms with van der Waals surface area (Å²) in [5, 5.41) is 11.5. The van der Waals surface area contributed by atoms with Crippen molar-refractivity contribution in [2.75, 3.05) is 7.05 Å². The number of carbonyl (C=O) groups excluding carboxylic acids is 4. The summed E-state index contributed by atoms with van der Waals surface area (Å²) < 4.78 is 51.9. The van der Waals surface area contributed by atoms with E-state index in [9.17, 15) is 32.3 Å². The van der Waals surface area contributed by atoms with Crippen LogP contribution in [-0.4, -0.2) is 47.7 Å². The molecule has 4 amide bonds. The molecule has 8 rings (SSSR count). The number of pyridine rings is 1. The highest BCUT2D eigenvalue weighted by Gasteiger charge is 2.35. The second kappa shape index (κ2) is 20.5. The van der Waals surface area contributed by atoms with Gasteiger partial charge in [-0.25, -0.2) is 0 Å². The number of carbonyl (C=O) groups is 4. The lowest BCUT2D eigenvalue weighted by atomic mass is 9.83. The Morgan fingerprint density at radius 1 is 0.621 bits per heavy atom.